The lowest BCUT2D eigenvalue weighted by atomic mass is 10.2. The molecule has 0 unspecified atom stereocenters. The molecule has 1 aromatic rings. The molecule has 0 radical (unpaired) electrons. The van der Waals surface area contributed by atoms with Gasteiger partial charge >= 0.3 is 0 Å². The monoisotopic (exact) mass is 176 g/mol. The Balaban J connectivity index is 2.85. The minimum absolute atomic E-state index is 0.478. The van der Waals surface area contributed by atoms with Crippen molar-refractivity contribution in [1.29, 1.82) is 0 Å². The molecular formula is C10H12N2O. The summed E-state index contributed by atoms with van der Waals surface area (Å²) in [4.78, 5) is 4.02. The zero-order valence-electron chi connectivity index (χ0n) is 7.49. The number of aliphatic hydroxyl groups is 1. The van der Waals surface area contributed by atoms with Crippen LogP contribution >= 0.6 is 0 Å². The summed E-state index contributed by atoms with van der Waals surface area (Å²) in [7, 11) is 0. The first-order valence-corrected chi connectivity index (χ1v) is 4.07. The van der Waals surface area contributed by atoms with Crippen molar-refractivity contribution < 1.29 is 5.11 Å². The van der Waals surface area contributed by atoms with Gasteiger partial charge in [-0.1, -0.05) is 5.92 Å². The van der Waals surface area contributed by atoms with Gasteiger partial charge in [0.1, 0.15) is 11.8 Å². The van der Waals surface area contributed by atoms with Crippen LogP contribution in [0.5, 0.6) is 0 Å². The van der Waals surface area contributed by atoms with Crippen LogP contribution in [0.2, 0.25) is 0 Å². The molecule has 3 heteroatoms. The van der Waals surface area contributed by atoms with Crippen molar-refractivity contribution >= 4 is 0 Å². The highest BCUT2D eigenvalue weighted by atomic mass is 16.3. The van der Waals surface area contributed by atoms with Crippen LogP contribution < -0.4 is 5.73 Å². The van der Waals surface area contributed by atoms with E-state index in [1.54, 1.807) is 13.1 Å². The highest BCUT2D eigenvalue weighted by Crippen LogP contribution is 1.98. The molecule has 3 N–H and O–H groups in total. The second-order valence-electron chi connectivity index (χ2n) is 2.70. The van der Waals surface area contributed by atoms with Crippen LogP contribution in [0.25, 0.3) is 0 Å². The van der Waals surface area contributed by atoms with Crippen molar-refractivity contribution in [2.24, 2.45) is 5.73 Å². The smallest absolute Gasteiger partial charge is 0.113 e. The molecule has 0 bridgehead atoms. The van der Waals surface area contributed by atoms with Crippen molar-refractivity contribution in [3.8, 4) is 11.8 Å². The average molecular weight is 176 g/mol. The van der Waals surface area contributed by atoms with E-state index in [9.17, 15) is 0 Å². The lowest BCUT2D eigenvalue weighted by Crippen LogP contribution is -1.98. The fourth-order valence-corrected chi connectivity index (χ4v) is 0.848. The molecule has 1 atom stereocenters. The standard InChI is InChI=1S/C10H12N2O/c1-8(13)2-3-10-6-9(7-11)4-5-12-10/h4-6,8,13H,7,11H2,1H3/t8-/m1/s1. The van der Waals surface area contributed by atoms with Gasteiger partial charge in [0.2, 0.25) is 0 Å². The van der Waals surface area contributed by atoms with Gasteiger partial charge in [-0.3, -0.25) is 0 Å². The van der Waals surface area contributed by atoms with Crippen LogP contribution in [-0.4, -0.2) is 16.2 Å². The zero-order chi connectivity index (χ0) is 9.68. The molecule has 0 fully saturated rings. The van der Waals surface area contributed by atoms with E-state index < -0.39 is 6.10 Å². The Kier molecular flexibility index (Phi) is 3.44. The third kappa shape index (κ3) is 3.24. The van der Waals surface area contributed by atoms with Gasteiger partial charge < -0.3 is 10.8 Å². The highest BCUT2D eigenvalue weighted by molar-refractivity contribution is 5.31. The van der Waals surface area contributed by atoms with Crippen molar-refractivity contribution in [2.75, 3.05) is 0 Å². The zero-order valence-corrected chi connectivity index (χ0v) is 7.49. The number of aromatic nitrogens is 1. The van der Waals surface area contributed by atoms with Gasteiger partial charge in [0, 0.05) is 12.7 Å². The van der Waals surface area contributed by atoms with Gasteiger partial charge in [0.05, 0.1) is 0 Å². The summed E-state index contributed by atoms with van der Waals surface area (Å²) in [5, 5.41) is 8.91. The lowest BCUT2D eigenvalue weighted by Gasteiger charge is -1.95. The number of pyridine rings is 1. The first-order valence-electron chi connectivity index (χ1n) is 4.07. The topological polar surface area (TPSA) is 59.1 Å². The second kappa shape index (κ2) is 4.61. The third-order valence-corrected chi connectivity index (χ3v) is 1.47. The summed E-state index contributed by atoms with van der Waals surface area (Å²) in [5.41, 5.74) is 7.08. The van der Waals surface area contributed by atoms with E-state index in [2.05, 4.69) is 16.8 Å². The van der Waals surface area contributed by atoms with Crippen molar-refractivity contribution in [3.63, 3.8) is 0 Å². The Morgan fingerprint density at radius 1 is 1.69 bits per heavy atom. The van der Waals surface area contributed by atoms with Crippen molar-refractivity contribution in [2.45, 2.75) is 19.6 Å². The van der Waals surface area contributed by atoms with Crippen LogP contribution in [0.1, 0.15) is 18.2 Å². The molecule has 1 aromatic heterocycles. The van der Waals surface area contributed by atoms with Gasteiger partial charge in [0.25, 0.3) is 0 Å². The van der Waals surface area contributed by atoms with Gasteiger partial charge in [-0.05, 0) is 30.5 Å². The third-order valence-electron chi connectivity index (χ3n) is 1.47. The maximum Gasteiger partial charge on any atom is 0.113 e. The molecule has 1 heterocycles. The molecule has 0 aliphatic rings. The van der Waals surface area contributed by atoms with Gasteiger partial charge in [-0.25, -0.2) is 4.98 Å². The van der Waals surface area contributed by atoms with Gasteiger partial charge in [0.15, 0.2) is 0 Å². The van der Waals surface area contributed by atoms with E-state index in [1.165, 1.54) is 0 Å². The predicted molar refractivity (Wildman–Crippen MR) is 50.7 cm³/mol. The molecule has 3 nitrogen and oxygen atoms in total. The summed E-state index contributed by atoms with van der Waals surface area (Å²) in [6, 6.07) is 3.66. The van der Waals surface area contributed by atoms with Crippen LogP contribution in [0, 0.1) is 11.8 Å². The molecule has 0 spiro atoms. The largest absolute Gasteiger partial charge is 0.381 e. The Morgan fingerprint density at radius 2 is 2.46 bits per heavy atom. The summed E-state index contributed by atoms with van der Waals surface area (Å²) in [5.74, 6) is 5.37. The maximum absolute atomic E-state index is 8.91. The molecule has 13 heavy (non-hydrogen) atoms. The van der Waals surface area contributed by atoms with Crippen molar-refractivity contribution in [3.05, 3.63) is 29.6 Å². The number of hydrogen-bond acceptors (Lipinski definition) is 3. The van der Waals surface area contributed by atoms with Crippen LogP contribution in [-0.2, 0) is 6.54 Å². The Bertz CT molecular complexity index is 336. The molecule has 0 saturated carbocycles. The number of aliphatic hydroxyl groups excluding tert-OH is 1. The molecule has 68 valence electrons. The van der Waals surface area contributed by atoms with Crippen LogP contribution in [0.4, 0.5) is 0 Å². The predicted octanol–water partition coefficient (Wildman–Crippen LogP) is 0.273. The summed E-state index contributed by atoms with van der Waals surface area (Å²) >= 11 is 0. The fraction of sp³-hybridized carbons (Fsp3) is 0.300. The summed E-state index contributed by atoms with van der Waals surface area (Å²) < 4.78 is 0. The molecule has 1 rings (SSSR count). The summed E-state index contributed by atoms with van der Waals surface area (Å²) in [6.07, 6.45) is 1.04. The van der Waals surface area contributed by atoms with E-state index in [0.717, 1.165) is 5.56 Å². The number of hydrogen-bond donors (Lipinski definition) is 2. The minimum Gasteiger partial charge on any atom is -0.381 e. The lowest BCUT2D eigenvalue weighted by molar-refractivity contribution is 0.253. The van der Waals surface area contributed by atoms with E-state index >= 15 is 0 Å². The Morgan fingerprint density at radius 3 is 3.08 bits per heavy atom. The fourth-order valence-electron chi connectivity index (χ4n) is 0.848. The maximum atomic E-state index is 8.91. The molecule has 0 amide bonds. The number of nitrogens with two attached hydrogens (primary N) is 1. The van der Waals surface area contributed by atoms with E-state index in [-0.39, 0.29) is 0 Å². The van der Waals surface area contributed by atoms with Crippen LogP contribution in [0.15, 0.2) is 18.3 Å². The van der Waals surface area contributed by atoms with Crippen LogP contribution in [0.3, 0.4) is 0 Å². The highest BCUT2D eigenvalue weighted by Gasteiger charge is 1.92. The Labute approximate surface area is 77.6 Å². The SMILES string of the molecule is C[C@@H](O)C#Cc1cc(CN)ccn1. The number of nitrogens with zero attached hydrogens (tertiary/aromatic N) is 1. The van der Waals surface area contributed by atoms with Crippen molar-refractivity contribution in [1.82, 2.24) is 4.98 Å². The minimum atomic E-state index is -0.622. The average Bonchev–Trinajstić information content (AvgIpc) is 2.15. The first-order chi connectivity index (χ1) is 6.22. The quantitative estimate of drug-likeness (QED) is 0.604. The van der Waals surface area contributed by atoms with E-state index in [1.807, 2.05) is 12.1 Å². The van der Waals surface area contributed by atoms with E-state index in [4.69, 9.17) is 10.8 Å². The summed E-state index contributed by atoms with van der Waals surface area (Å²) in [6.45, 7) is 2.09. The van der Waals surface area contributed by atoms with Gasteiger partial charge in [-0.15, -0.1) is 0 Å². The normalized spacial score (nSPS) is 11.6. The molecular weight excluding hydrogens is 164 g/mol. The van der Waals surface area contributed by atoms with E-state index in [0.29, 0.717) is 12.2 Å². The molecule has 0 aliphatic heterocycles. The molecule has 0 aliphatic carbocycles. The molecule has 0 aromatic carbocycles. The Hall–Kier alpha value is -1.37. The number of rotatable bonds is 1. The second-order valence-corrected chi connectivity index (χ2v) is 2.70. The molecule has 0 saturated heterocycles. The van der Waals surface area contributed by atoms with Gasteiger partial charge in [-0.2, -0.15) is 0 Å². The first kappa shape index (κ1) is 9.72.